The maximum Gasteiger partial charge on any atom is 0.313 e. The number of carboxylic acid groups (broad SMARTS) is 1. The van der Waals surface area contributed by atoms with Crippen molar-refractivity contribution in [3.8, 4) is 23.0 Å². The zero-order valence-electron chi connectivity index (χ0n) is 18.3. The number of ether oxygens (including phenoxy) is 4. The van der Waals surface area contributed by atoms with Gasteiger partial charge in [0.2, 0.25) is 0 Å². The normalized spacial score (nSPS) is 17.7. The number of nitrogens with zero attached hydrogens (tertiary/aromatic N) is 1. The van der Waals surface area contributed by atoms with Crippen molar-refractivity contribution in [2.45, 2.75) is 25.8 Å². The number of rotatable bonds is 8. The first-order valence-corrected chi connectivity index (χ1v) is 10.0. The van der Waals surface area contributed by atoms with Gasteiger partial charge in [0, 0.05) is 18.2 Å². The molecular formula is C23H27NO7. The third-order valence-corrected chi connectivity index (χ3v) is 5.36. The summed E-state index contributed by atoms with van der Waals surface area (Å²) >= 11 is 0. The number of carbonyl (C=O) groups excluding carboxylic acids is 1. The SMILES string of the molecule is CCOc1cc2c(cc1OCC)[C@@H](C(=O)O)[C@H](c1cc(OC)ccc1OC)N(C)C2=O. The predicted molar refractivity (Wildman–Crippen MR) is 114 cm³/mol. The lowest BCUT2D eigenvalue weighted by Crippen LogP contribution is -2.42. The summed E-state index contributed by atoms with van der Waals surface area (Å²) in [5.74, 6) is -0.610. The first-order valence-electron chi connectivity index (χ1n) is 10.0. The van der Waals surface area contributed by atoms with Gasteiger partial charge in [0.25, 0.3) is 5.91 Å². The van der Waals surface area contributed by atoms with Crippen LogP contribution in [0.3, 0.4) is 0 Å². The maximum atomic E-state index is 13.3. The van der Waals surface area contributed by atoms with Gasteiger partial charge in [-0.2, -0.15) is 0 Å². The summed E-state index contributed by atoms with van der Waals surface area (Å²) < 4.78 is 22.1. The van der Waals surface area contributed by atoms with Crippen LogP contribution < -0.4 is 18.9 Å². The summed E-state index contributed by atoms with van der Waals surface area (Å²) in [6, 6.07) is 7.48. The fourth-order valence-electron chi connectivity index (χ4n) is 3.99. The van der Waals surface area contributed by atoms with Crippen molar-refractivity contribution in [1.82, 2.24) is 4.90 Å². The second-order valence-corrected chi connectivity index (χ2v) is 7.04. The Hall–Kier alpha value is -3.42. The summed E-state index contributed by atoms with van der Waals surface area (Å²) in [6.07, 6.45) is 0. The van der Waals surface area contributed by atoms with Gasteiger partial charge in [0.15, 0.2) is 11.5 Å². The largest absolute Gasteiger partial charge is 0.497 e. The van der Waals surface area contributed by atoms with Gasteiger partial charge in [-0.25, -0.2) is 0 Å². The number of carbonyl (C=O) groups is 2. The summed E-state index contributed by atoms with van der Waals surface area (Å²) in [6.45, 7) is 4.41. The standard InChI is InChI=1S/C23H27NO7/c1-6-30-18-11-14-15(12-19(18)31-7-2)22(25)24(3)21(20(14)23(26)27)16-10-13(28-4)8-9-17(16)29-5/h8-12,20-21H,6-7H2,1-5H3,(H,26,27)/t20-,21+/m1/s1. The molecule has 1 N–H and O–H groups in total. The van der Waals surface area contributed by atoms with Crippen molar-refractivity contribution in [3.63, 3.8) is 0 Å². The van der Waals surface area contributed by atoms with E-state index in [1.54, 1.807) is 37.4 Å². The lowest BCUT2D eigenvalue weighted by Gasteiger charge is -2.39. The van der Waals surface area contributed by atoms with Crippen molar-refractivity contribution < 1.29 is 33.6 Å². The lowest BCUT2D eigenvalue weighted by molar-refractivity contribution is -0.140. The molecule has 31 heavy (non-hydrogen) atoms. The Morgan fingerprint density at radius 3 is 2.16 bits per heavy atom. The van der Waals surface area contributed by atoms with Crippen LogP contribution in [-0.4, -0.2) is 56.4 Å². The molecule has 1 amide bonds. The van der Waals surface area contributed by atoms with E-state index in [4.69, 9.17) is 18.9 Å². The summed E-state index contributed by atoms with van der Waals surface area (Å²) in [4.78, 5) is 27.2. The average molecular weight is 429 g/mol. The highest BCUT2D eigenvalue weighted by molar-refractivity contribution is 6.01. The van der Waals surface area contributed by atoms with Gasteiger partial charge in [-0.1, -0.05) is 0 Å². The molecule has 0 bridgehead atoms. The van der Waals surface area contributed by atoms with Gasteiger partial charge in [-0.15, -0.1) is 0 Å². The van der Waals surface area contributed by atoms with E-state index in [-0.39, 0.29) is 11.5 Å². The van der Waals surface area contributed by atoms with E-state index in [1.165, 1.54) is 19.1 Å². The molecule has 0 unspecified atom stereocenters. The highest BCUT2D eigenvalue weighted by Gasteiger charge is 2.45. The van der Waals surface area contributed by atoms with Crippen molar-refractivity contribution in [2.75, 3.05) is 34.5 Å². The molecule has 2 aromatic rings. The highest BCUT2D eigenvalue weighted by atomic mass is 16.5. The molecular weight excluding hydrogens is 402 g/mol. The van der Waals surface area contributed by atoms with E-state index in [2.05, 4.69) is 0 Å². The monoisotopic (exact) mass is 429 g/mol. The van der Waals surface area contributed by atoms with Crippen molar-refractivity contribution in [2.24, 2.45) is 0 Å². The molecule has 2 atom stereocenters. The van der Waals surface area contributed by atoms with E-state index >= 15 is 0 Å². The maximum absolute atomic E-state index is 13.3. The van der Waals surface area contributed by atoms with E-state index in [0.717, 1.165) is 0 Å². The molecule has 1 aliphatic heterocycles. The van der Waals surface area contributed by atoms with Crippen LogP contribution in [0.2, 0.25) is 0 Å². The molecule has 8 nitrogen and oxygen atoms in total. The fourth-order valence-corrected chi connectivity index (χ4v) is 3.99. The first kappa shape index (κ1) is 22.3. The number of amides is 1. The van der Waals surface area contributed by atoms with Gasteiger partial charge < -0.3 is 29.0 Å². The minimum Gasteiger partial charge on any atom is -0.497 e. The van der Waals surface area contributed by atoms with Crippen LogP contribution in [0.1, 0.15) is 47.3 Å². The number of methoxy groups -OCH3 is 2. The average Bonchev–Trinajstić information content (AvgIpc) is 2.76. The molecule has 1 heterocycles. The third-order valence-electron chi connectivity index (χ3n) is 5.36. The lowest BCUT2D eigenvalue weighted by atomic mass is 9.79. The molecule has 0 fully saturated rings. The second-order valence-electron chi connectivity index (χ2n) is 7.04. The Bertz CT molecular complexity index is 988. The summed E-state index contributed by atoms with van der Waals surface area (Å²) in [5.41, 5.74) is 1.19. The molecule has 0 aromatic heterocycles. The number of benzene rings is 2. The van der Waals surface area contributed by atoms with Gasteiger partial charge in [0.1, 0.15) is 17.4 Å². The molecule has 2 aromatic carbocycles. The topological polar surface area (TPSA) is 94.5 Å². The zero-order valence-corrected chi connectivity index (χ0v) is 18.3. The van der Waals surface area contributed by atoms with Crippen molar-refractivity contribution in [1.29, 1.82) is 0 Å². The van der Waals surface area contributed by atoms with Gasteiger partial charge in [0.05, 0.1) is 33.5 Å². The van der Waals surface area contributed by atoms with Crippen molar-refractivity contribution in [3.05, 3.63) is 47.0 Å². The minimum absolute atomic E-state index is 0.278. The summed E-state index contributed by atoms with van der Waals surface area (Å²) in [5, 5.41) is 10.2. The fraction of sp³-hybridized carbons (Fsp3) is 0.391. The molecule has 0 saturated heterocycles. The molecule has 1 aliphatic rings. The van der Waals surface area contributed by atoms with Gasteiger partial charge in [-0.3, -0.25) is 9.59 Å². The molecule has 8 heteroatoms. The van der Waals surface area contributed by atoms with E-state index < -0.39 is 17.9 Å². The van der Waals surface area contributed by atoms with E-state index in [1.807, 2.05) is 13.8 Å². The molecule has 0 saturated carbocycles. The van der Waals surface area contributed by atoms with Crippen LogP contribution >= 0.6 is 0 Å². The zero-order chi connectivity index (χ0) is 22.7. The quantitative estimate of drug-likeness (QED) is 0.686. The minimum atomic E-state index is -1.07. The highest BCUT2D eigenvalue weighted by Crippen LogP contribution is 2.48. The molecule has 0 radical (unpaired) electrons. The Morgan fingerprint density at radius 1 is 0.968 bits per heavy atom. The summed E-state index contributed by atoms with van der Waals surface area (Å²) in [7, 11) is 4.61. The molecule has 3 rings (SSSR count). The molecule has 0 aliphatic carbocycles. The smallest absolute Gasteiger partial charge is 0.313 e. The van der Waals surface area contributed by atoms with Crippen LogP contribution in [0.15, 0.2) is 30.3 Å². The van der Waals surface area contributed by atoms with Gasteiger partial charge >= 0.3 is 5.97 Å². The van der Waals surface area contributed by atoms with Crippen LogP contribution in [0, 0.1) is 0 Å². The second kappa shape index (κ2) is 9.16. The van der Waals surface area contributed by atoms with Crippen LogP contribution in [-0.2, 0) is 4.79 Å². The molecule has 0 spiro atoms. The number of hydrogen-bond acceptors (Lipinski definition) is 6. The number of carboxylic acids is 1. The Balaban J connectivity index is 2.26. The Kier molecular flexibility index (Phi) is 6.58. The number of fused-ring (bicyclic) bond motifs is 1. The first-order chi connectivity index (χ1) is 14.9. The van der Waals surface area contributed by atoms with Crippen LogP contribution in [0.4, 0.5) is 0 Å². The van der Waals surface area contributed by atoms with E-state index in [0.29, 0.717) is 47.3 Å². The molecule has 166 valence electrons. The Labute approximate surface area is 181 Å². The van der Waals surface area contributed by atoms with E-state index in [9.17, 15) is 14.7 Å². The number of likely N-dealkylation sites (N-methyl/N-ethyl adjacent to an activating group) is 1. The van der Waals surface area contributed by atoms with Crippen LogP contribution in [0.5, 0.6) is 23.0 Å². The van der Waals surface area contributed by atoms with Crippen LogP contribution in [0.25, 0.3) is 0 Å². The third kappa shape index (κ3) is 3.97. The predicted octanol–water partition coefficient (Wildman–Crippen LogP) is 3.50. The van der Waals surface area contributed by atoms with Crippen molar-refractivity contribution >= 4 is 11.9 Å². The number of hydrogen-bond donors (Lipinski definition) is 1. The van der Waals surface area contributed by atoms with Gasteiger partial charge in [-0.05, 0) is 49.7 Å². The number of aliphatic carboxylic acids is 1. The Morgan fingerprint density at radius 2 is 1.61 bits per heavy atom.